The molecule has 2 rings (SSSR count). The lowest BCUT2D eigenvalue weighted by atomic mass is 10.0. The van der Waals surface area contributed by atoms with Crippen LogP contribution in [0.25, 0.3) is 10.8 Å². The van der Waals surface area contributed by atoms with Crippen LogP contribution >= 0.6 is 0 Å². The summed E-state index contributed by atoms with van der Waals surface area (Å²) in [7, 11) is 0. The zero-order valence-corrected chi connectivity index (χ0v) is 9.76. The van der Waals surface area contributed by atoms with Gasteiger partial charge in [0.2, 0.25) is 0 Å². The van der Waals surface area contributed by atoms with Crippen molar-refractivity contribution in [2.45, 2.75) is 19.3 Å². The lowest BCUT2D eigenvalue weighted by Gasteiger charge is -2.06. The molecule has 0 amide bonds. The van der Waals surface area contributed by atoms with E-state index >= 15 is 0 Å². The summed E-state index contributed by atoms with van der Waals surface area (Å²) in [5.41, 5.74) is 1.37. The molecule has 17 heavy (non-hydrogen) atoms. The Balaban J connectivity index is 2.01. The molecule has 0 spiro atoms. The second kappa shape index (κ2) is 6.04. The minimum absolute atomic E-state index is 0.512. The average Bonchev–Trinajstić information content (AvgIpc) is 2.39. The standard InChI is InChI=1S/C15H16O2/c16-12-17-11-4-3-7-14-9-5-8-13-6-1-2-10-15(13)14/h1-2,5-6,8-10,12H,3-4,7,11H2. The molecule has 0 saturated carbocycles. The zero-order valence-electron chi connectivity index (χ0n) is 9.76. The van der Waals surface area contributed by atoms with E-state index in [4.69, 9.17) is 0 Å². The molecule has 88 valence electrons. The van der Waals surface area contributed by atoms with Gasteiger partial charge in [-0.2, -0.15) is 0 Å². The second-order valence-electron chi connectivity index (χ2n) is 4.06. The lowest BCUT2D eigenvalue weighted by molar-refractivity contribution is -0.128. The van der Waals surface area contributed by atoms with Gasteiger partial charge in [-0.25, -0.2) is 0 Å². The predicted octanol–water partition coefficient (Wildman–Crippen LogP) is 3.34. The summed E-state index contributed by atoms with van der Waals surface area (Å²) < 4.78 is 4.68. The molecule has 2 heteroatoms. The van der Waals surface area contributed by atoms with Gasteiger partial charge in [-0.05, 0) is 35.6 Å². The number of unbranched alkanes of at least 4 members (excludes halogenated alkanes) is 1. The molecule has 0 saturated heterocycles. The zero-order chi connectivity index (χ0) is 11.9. The lowest BCUT2D eigenvalue weighted by Crippen LogP contribution is -1.94. The van der Waals surface area contributed by atoms with E-state index in [9.17, 15) is 4.79 Å². The molecule has 0 aliphatic rings. The van der Waals surface area contributed by atoms with Gasteiger partial charge in [0.05, 0.1) is 6.61 Å². The fourth-order valence-corrected chi connectivity index (χ4v) is 2.06. The highest BCUT2D eigenvalue weighted by Crippen LogP contribution is 2.19. The average molecular weight is 228 g/mol. The third-order valence-corrected chi connectivity index (χ3v) is 2.91. The molecule has 0 unspecified atom stereocenters. The van der Waals surface area contributed by atoms with Gasteiger partial charge in [0.15, 0.2) is 0 Å². The number of hydrogen-bond acceptors (Lipinski definition) is 2. The van der Waals surface area contributed by atoms with Crippen molar-refractivity contribution in [3.8, 4) is 0 Å². The fourth-order valence-electron chi connectivity index (χ4n) is 2.06. The molecule has 2 aromatic carbocycles. The summed E-state index contributed by atoms with van der Waals surface area (Å²) in [5.74, 6) is 0. The van der Waals surface area contributed by atoms with Crippen LogP contribution in [0.15, 0.2) is 42.5 Å². The number of ether oxygens (including phenoxy) is 1. The van der Waals surface area contributed by atoms with Crippen molar-refractivity contribution < 1.29 is 9.53 Å². The molecule has 0 aromatic heterocycles. The Morgan fingerprint density at radius 1 is 1.00 bits per heavy atom. The quantitative estimate of drug-likeness (QED) is 0.560. The highest BCUT2D eigenvalue weighted by molar-refractivity contribution is 5.85. The van der Waals surface area contributed by atoms with Crippen LogP contribution in [-0.4, -0.2) is 13.1 Å². The molecular formula is C15H16O2. The smallest absolute Gasteiger partial charge is 0.293 e. The van der Waals surface area contributed by atoms with Crippen molar-refractivity contribution in [3.63, 3.8) is 0 Å². The molecule has 0 heterocycles. The first-order chi connectivity index (χ1) is 8.42. The summed E-state index contributed by atoms with van der Waals surface area (Å²) in [6.07, 6.45) is 2.99. The van der Waals surface area contributed by atoms with Crippen LogP contribution in [0.1, 0.15) is 18.4 Å². The molecular weight excluding hydrogens is 212 g/mol. The Morgan fingerprint density at radius 3 is 2.71 bits per heavy atom. The number of carbonyl (C=O) groups excluding carboxylic acids is 1. The Hall–Kier alpha value is -1.83. The van der Waals surface area contributed by atoms with Gasteiger partial charge in [-0.15, -0.1) is 0 Å². The maximum absolute atomic E-state index is 9.99. The molecule has 0 aliphatic carbocycles. The topological polar surface area (TPSA) is 26.3 Å². The van der Waals surface area contributed by atoms with E-state index in [1.54, 1.807) is 0 Å². The third kappa shape index (κ3) is 3.06. The van der Waals surface area contributed by atoms with Crippen LogP contribution in [0, 0.1) is 0 Å². The van der Waals surface area contributed by atoms with Gasteiger partial charge < -0.3 is 4.74 Å². The molecule has 0 radical (unpaired) electrons. The van der Waals surface area contributed by atoms with E-state index in [1.807, 2.05) is 0 Å². The summed E-state index contributed by atoms with van der Waals surface area (Å²) in [6.45, 7) is 1.03. The van der Waals surface area contributed by atoms with Crippen molar-refractivity contribution in [1.29, 1.82) is 0 Å². The number of benzene rings is 2. The largest absolute Gasteiger partial charge is 0.468 e. The van der Waals surface area contributed by atoms with E-state index in [1.165, 1.54) is 16.3 Å². The Kier molecular flexibility index (Phi) is 4.14. The monoisotopic (exact) mass is 228 g/mol. The van der Waals surface area contributed by atoms with Crippen LogP contribution in [0.2, 0.25) is 0 Å². The SMILES string of the molecule is O=COCCCCc1cccc2ccccc12. The summed E-state index contributed by atoms with van der Waals surface area (Å²) in [4.78, 5) is 9.99. The highest BCUT2D eigenvalue weighted by Gasteiger charge is 1.99. The van der Waals surface area contributed by atoms with Crippen LogP contribution < -0.4 is 0 Å². The summed E-state index contributed by atoms with van der Waals surface area (Å²) >= 11 is 0. The maximum atomic E-state index is 9.99. The third-order valence-electron chi connectivity index (χ3n) is 2.91. The number of carbonyl (C=O) groups is 1. The summed E-state index contributed by atoms with van der Waals surface area (Å²) in [6, 6.07) is 14.8. The molecule has 0 N–H and O–H groups in total. The van der Waals surface area contributed by atoms with Crippen molar-refractivity contribution in [3.05, 3.63) is 48.0 Å². The van der Waals surface area contributed by atoms with Crippen molar-refractivity contribution in [1.82, 2.24) is 0 Å². The Labute approximate surface area is 101 Å². The van der Waals surface area contributed by atoms with Gasteiger partial charge in [0.1, 0.15) is 0 Å². The number of aryl methyl sites for hydroxylation is 1. The first-order valence-corrected chi connectivity index (χ1v) is 5.94. The Bertz CT molecular complexity index is 486. The normalized spacial score (nSPS) is 10.4. The number of hydrogen-bond donors (Lipinski definition) is 0. The van der Waals surface area contributed by atoms with Gasteiger partial charge in [0.25, 0.3) is 6.47 Å². The Morgan fingerprint density at radius 2 is 1.82 bits per heavy atom. The van der Waals surface area contributed by atoms with E-state index in [0.717, 1.165) is 19.3 Å². The molecule has 2 nitrogen and oxygen atoms in total. The number of fused-ring (bicyclic) bond motifs is 1. The molecule has 0 fully saturated rings. The van der Waals surface area contributed by atoms with Crippen LogP contribution in [-0.2, 0) is 16.0 Å². The van der Waals surface area contributed by atoms with E-state index in [-0.39, 0.29) is 0 Å². The van der Waals surface area contributed by atoms with E-state index in [0.29, 0.717) is 13.1 Å². The van der Waals surface area contributed by atoms with Gasteiger partial charge in [-0.3, -0.25) is 4.79 Å². The van der Waals surface area contributed by atoms with Crippen LogP contribution in [0.5, 0.6) is 0 Å². The molecule has 0 bridgehead atoms. The molecule has 0 atom stereocenters. The number of rotatable bonds is 6. The first kappa shape index (κ1) is 11.6. The molecule has 2 aromatic rings. The van der Waals surface area contributed by atoms with Crippen LogP contribution in [0.4, 0.5) is 0 Å². The van der Waals surface area contributed by atoms with Crippen molar-refractivity contribution in [2.24, 2.45) is 0 Å². The minimum atomic E-state index is 0.512. The van der Waals surface area contributed by atoms with E-state index < -0.39 is 0 Å². The van der Waals surface area contributed by atoms with Gasteiger partial charge in [-0.1, -0.05) is 42.5 Å². The van der Waals surface area contributed by atoms with Gasteiger partial charge >= 0.3 is 0 Å². The fraction of sp³-hybridized carbons (Fsp3) is 0.267. The van der Waals surface area contributed by atoms with Crippen molar-refractivity contribution in [2.75, 3.05) is 6.61 Å². The highest BCUT2D eigenvalue weighted by atomic mass is 16.5. The second-order valence-corrected chi connectivity index (χ2v) is 4.06. The summed E-state index contributed by atoms with van der Waals surface area (Å²) in [5, 5.41) is 2.61. The molecule has 0 aliphatic heterocycles. The van der Waals surface area contributed by atoms with E-state index in [2.05, 4.69) is 47.2 Å². The van der Waals surface area contributed by atoms with Crippen LogP contribution in [0.3, 0.4) is 0 Å². The first-order valence-electron chi connectivity index (χ1n) is 5.94. The minimum Gasteiger partial charge on any atom is -0.468 e. The van der Waals surface area contributed by atoms with Crippen molar-refractivity contribution >= 4 is 17.2 Å². The predicted molar refractivity (Wildman–Crippen MR) is 68.9 cm³/mol. The van der Waals surface area contributed by atoms with Gasteiger partial charge in [0, 0.05) is 0 Å². The maximum Gasteiger partial charge on any atom is 0.293 e.